The van der Waals surface area contributed by atoms with Crippen LogP contribution in [0.4, 0.5) is 5.95 Å². The SMILES string of the molecule is CCN1CCCC1CN(C)c1ncc(CCN)cn1. The van der Waals surface area contributed by atoms with Gasteiger partial charge in [0.2, 0.25) is 5.95 Å². The molecule has 1 aromatic rings. The van der Waals surface area contributed by atoms with E-state index in [0.717, 1.165) is 31.0 Å². The lowest BCUT2D eigenvalue weighted by Crippen LogP contribution is -2.39. The molecule has 2 heterocycles. The van der Waals surface area contributed by atoms with Crippen molar-refractivity contribution in [3.05, 3.63) is 18.0 Å². The van der Waals surface area contributed by atoms with E-state index < -0.39 is 0 Å². The van der Waals surface area contributed by atoms with Crippen LogP contribution in [0.2, 0.25) is 0 Å². The summed E-state index contributed by atoms with van der Waals surface area (Å²) >= 11 is 0. The smallest absolute Gasteiger partial charge is 0.225 e. The fraction of sp³-hybridized carbons (Fsp3) is 0.714. The molecule has 0 amide bonds. The lowest BCUT2D eigenvalue weighted by atomic mass is 10.2. The van der Waals surface area contributed by atoms with Crippen LogP contribution in [0, 0.1) is 0 Å². The van der Waals surface area contributed by atoms with Gasteiger partial charge in [0.15, 0.2) is 0 Å². The van der Waals surface area contributed by atoms with Gasteiger partial charge in [0, 0.05) is 32.0 Å². The molecule has 0 aliphatic carbocycles. The van der Waals surface area contributed by atoms with Crippen molar-refractivity contribution in [3.63, 3.8) is 0 Å². The van der Waals surface area contributed by atoms with Crippen LogP contribution in [-0.4, -0.2) is 54.1 Å². The number of likely N-dealkylation sites (tertiary alicyclic amines) is 1. The second-order valence-corrected chi connectivity index (χ2v) is 5.24. The van der Waals surface area contributed by atoms with E-state index >= 15 is 0 Å². The van der Waals surface area contributed by atoms with Gasteiger partial charge in [-0.1, -0.05) is 6.92 Å². The maximum absolute atomic E-state index is 5.53. The van der Waals surface area contributed by atoms with E-state index in [0.29, 0.717) is 12.6 Å². The predicted molar refractivity (Wildman–Crippen MR) is 78.3 cm³/mol. The van der Waals surface area contributed by atoms with Crippen molar-refractivity contribution in [2.75, 3.05) is 38.1 Å². The summed E-state index contributed by atoms with van der Waals surface area (Å²) in [5.41, 5.74) is 6.63. The number of anilines is 1. The first-order valence-corrected chi connectivity index (χ1v) is 7.20. The molecule has 5 nitrogen and oxygen atoms in total. The van der Waals surface area contributed by atoms with Crippen LogP contribution in [0.5, 0.6) is 0 Å². The molecule has 2 rings (SSSR count). The average Bonchev–Trinajstić information content (AvgIpc) is 2.87. The van der Waals surface area contributed by atoms with Crippen molar-refractivity contribution >= 4 is 5.95 Å². The average molecular weight is 263 g/mol. The highest BCUT2D eigenvalue weighted by Crippen LogP contribution is 2.18. The number of likely N-dealkylation sites (N-methyl/N-ethyl adjacent to an activating group) is 2. The highest BCUT2D eigenvalue weighted by Gasteiger charge is 2.24. The number of aromatic nitrogens is 2. The van der Waals surface area contributed by atoms with Gasteiger partial charge in [-0.25, -0.2) is 9.97 Å². The van der Waals surface area contributed by atoms with Crippen LogP contribution in [0.25, 0.3) is 0 Å². The molecule has 5 heteroatoms. The molecule has 1 saturated heterocycles. The lowest BCUT2D eigenvalue weighted by Gasteiger charge is -2.27. The normalized spacial score (nSPS) is 19.8. The van der Waals surface area contributed by atoms with E-state index in [1.54, 1.807) is 0 Å². The van der Waals surface area contributed by atoms with E-state index in [2.05, 4.69) is 33.7 Å². The Hall–Kier alpha value is -1.20. The lowest BCUT2D eigenvalue weighted by molar-refractivity contribution is 0.270. The highest BCUT2D eigenvalue weighted by atomic mass is 15.3. The van der Waals surface area contributed by atoms with Gasteiger partial charge in [0.25, 0.3) is 0 Å². The van der Waals surface area contributed by atoms with E-state index in [4.69, 9.17) is 5.73 Å². The zero-order chi connectivity index (χ0) is 13.7. The Kier molecular flexibility index (Phi) is 5.10. The van der Waals surface area contributed by atoms with Crippen LogP contribution in [0.3, 0.4) is 0 Å². The van der Waals surface area contributed by atoms with Crippen molar-refractivity contribution in [3.8, 4) is 0 Å². The van der Waals surface area contributed by atoms with Crippen molar-refractivity contribution < 1.29 is 0 Å². The van der Waals surface area contributed by atoms with Gasteiger partial charge in [0.05, 0.1) is 0 Å². The van der Waals surface area contributed by atoms with Gasteiger partial charge in [-0.15, -0.1) is 0 Å². The van der Waals surface area contributed by atoms with Crippen LogP contribution in [-0.2, 0) is 6.42 Å². The highest BCUT2D eigenvalue weighted by molar-refractivity contribution is 5.29. The molecule has 106 valence electrons. The Bertz CT molecular complexity index is 378. The molecule has 0 aromatic carbocycles. The van der Waals surface area contributed by atoms with Gasteiger partial charge < -0.3 is 10.6 Å². The first-order chi connectivity index (χ1) is 9.24. The molecular weight excluding hydrogens is 238 g/mol. The zero-order valence-electron chi connectivity index (χ0n) is 12.0. The topological polar surface area (TPSA) is 58.3 Å². The van der Waals surface area contributed by atoms with E-state index in [9.17, 15) is 0 Å². The van der Waals surface area contributed by atoms with Crippen molar-refractivity contribution in [1.82, 2.24) is 14.9 Å². The minimum atomic E-state index is 0.641. The summed E-state index contributed by atoms with van der Waals surface area (Å²) in [5, 5.41) is 0. The molecule has 1 unspecified atom stereocenters. The van der Waals surface area contributed by atoms with Crippen LogP contribution in [0.15, 0.2) is 12.4 Å². The summed E-state index contributed by atoms with van der Waals surface area (Å²) in [6, 6.07) is 0.641. The number of rotatable bonds is 6. The van der Waals surface area contributed by atoms with Gasteiger partial charge in [-0.3, -0.25) is 4.90 Å². The maximum atomic E-state index is 5.53. The fourth-order valence-corrected chi connectivity index (χ4v) is 2.76. The summed E-state index contributed by atoms with van der Waals surface area (Å²) in [5.74, 6) is 0.809. The van der Waals surface area contributed by atoms with Crippen molar-refractivity contribution in [2.24, 2.45) is 5.73 Å². The number of nitrogens with zero attached hydrogens (tertiary/aromatic N) is 4. The number of nitrogens with two attached hydrogens (primary N) is 1. The van der Waals surface area contributed by atoms with Crippen molar-refractivity contribution in [1.29, 1.82) is 0 Å². The number of hydrogen-bond donors (Lipinski definition) is 1. The summed E-state index contributed by atoms with van der Waals surface area (Å²) in [7, 11) is 2.07. The molecule has 1 fully saturated rings. The van der Waals surface area contributed by atoms with Crippen LogP contribution in [0.1, 0.15) is 25.3 Å². The molecule has 0 radical (unpaired) electrons. The Morgan fingerprint density at radius 1 is 1.42 bits per heavy atom. The molecule has 2 N–H and O–H groups in total. The third-order valence-electron chi connectivity index (χ3n) is 3.86. The van der Waals surface area contributed by atoms with Gasteiger partial charge in [-0.2, -0.15) is 0 Å². The summed E-state index contributed by atoms with van der Waals surface area (Å²) < 4.78 is 0. The number of hydrogen-bond acceptors (Lipinski definition) is 5. The Morgan fingerprint density at radius 2 is 2.16 bits per heavy atom. The van der Waals surface area contributed by atoms with E-state index in [-0.39, 0.29) is 0 Å². The summed E-state index contributed by atoms with van der Waals surface area (Å²) in [6.45, 7) is 6.24. The molecule has 1 aliphatic heterocycles. The zero-order valence-corrected chi connectivity index (χ0v) is 12.0. The van der Waals surface area contributed by atoms with Crippen molar-refractivity contribution in [2.45, 2.75) is 32.2 Å². The second kappa shape index (κ2) is 6.82. The van der Waals surface area contributed by atoms with Gasteiger partial charge in [-0.05, 0) is 44.5 Å². The third-order valence-corrected chi connectivity index (χ3v) is 3.86. The summed E-state index contributed by atoms with van der Waals surface area (Å²) in [4.78, 5) is 13.6. The van der Waals surface area contributed by atoms with Gasteiger partial charge in [0.1, 0.15) is 0 Å². The Labute approximate surface area is 115 Å². The second-order valence-electron chi connectivity index (χ2n) is 5.24. The minimum Gasteiger partial charge on any atom is -0.342 e. The Morgan fingerprint density at radius 3 is 2.79 bits per heavy atom. The van der Waals surface area contributed by atoms with Crippen LogP contribution >= 0.6 is 0 Å². The standard InChI is InChI=1S/C14H25N5/c1-3-19-8-4-5-13(19)11-18(2)14-16-9-12(6-7-15)10-17-14/h9-10,13H,3-8,11,15H2,1-2H3. The Balaban J connectivity index is 1.93. The largest absolute Gasteiger partial charge is 0.342 e. The summed E-state index contributed by atoms with van der Waals surface area (Å²) in [6.07, 6.45) is 7.21. The minimum absolute atomic E-state index is 0.641. The fourth-order valence-electron chi connectivity index (χ4n) is 2.76. The van der Waals surface area contributed by atoms with Crippen LogP contribution < -0.4 is 10.6 Å². The molecule has 19 heavy (non-hydrogen) atoms. The predicted octanol–water partition coefficient (Wildman–Crippen LogP) is 0.898. The molecule has 0 saturated carbocycles. The quantitative estimate of drug-likeness (QED) is 0.826. The third kappa shape index (κ3) is 3.64. The maximum Gasteiger partial charge on any atom is 0.225 e. The molecule has 0 spiro atoms. The monoisotopic (exact) mass is 263 g/mol. The molecule has 1 aromatic heterocycles. The molecule has 1 atom stereocenters. The first kappa shape index (κ1) is 14.2. The van der Waals surface area contributed by atoms with E-state index in [1.165, 1.54) is 19.4 Å². The first-order valence-electron chi connectivity index (χ1n) is 7.20. The van der Waals surface area contributed by atoms with Gasteiger partial charge >= 0.3 is 0 Å². The molecular formula is C14H25N5. The molecule has 0 bridgehead atoms. The molecule has 1 aliphatic rings. The van der Waals surface area contributed by atoms with E-state index in [1.807, 2.05) is 12.4 Å².